The largest absolute Gasteiger partial charge is 0.387 e. The number of hydrogen-bond acceptors (Lipinski definition) is 3. The maximum atomic E-state index is 10.5. The molecule has 1 amide bonds. The number of likely N-dealkylation sites (N-methyl/N-ethyl adjacent to an activating group) is 1. The van der Waals surface area contributed by atoms with Crippen molar-refractivity contribution in [2.75, 3.05) is 33.3 Å². The molecule has 0 unspecified atom stereocenters. The lowest BCUT2D eigenvalue weighted by atomic mass is 10.5. The molecule has 0 aromatic carbocycles. The summed E-state index contributed by atoms with van der Waals surface area (Å²) in [6.07, 6.45) is 0. The predicted molar refractivity (Wildman–Crippen MR) is 43.3 cm³/mol. The van der Waals surface area contributed by atoms with Crippen LogP contribution in [-0.2, 0) is 4.79 Å². The second kappa shape index (κ2) is 6.12. The minimum Gasteiger partial charge on any atom is -0.387 e. The molecule has 0 heterocycles. The Morgan fingerprint density at radius 1 is 1.64 bits per heavy atom. The topological polar surface area (TPSA) is 52.6 Å². The predicted octanol–water partition coefficient (Wildman–Crippen LogP) is -0.953. The summed E-state index contributed by atoms with van der Waals surface area (Å²) in [6, 6.07) is 0. The molecule has 0 aliphatic carbocycles. The van der Waals surface area contributed by atoms with E-state index >= 15 is 0 Å². The third kappa shape index (κ3) is 5.82. The van der Waals surface area contributed by atoms with Crippen LogP contribution in [-0.4, -0.2) is 49.2 Å². The number of carbonyl (C=O) groups is 1. The number of aliphatic hydroxyl groups is 1. The molecule has 0 bridgehead atoms. The van der Waals surface area contributed by atoms with Crippen LogP contribution in [0.2, 0.25) is 0 Å². The SMILES string of the molecule is CCN(C)CCNC(=O)CO. The minimum atomic E-state index is -0.421. The van der Waals surface area contributed by atoms with Gasteiger partial charge in [0.05, 0.1) is 0 Å². The highest BCUT2D eigenvalue weighted by Crippen LogP contribution is 1.77. The lowest BCUT2D eigenvalue weighted by Crippen LogP contribution is -2.34. The minimum absolute atomic E-state index is 0.311. The molecule has 0 radical (unpaired) electrons. The highest BCUT2D eigenvalue weighted by atomic mass is 16.3. The van der Waals surface area contributed by atoms with E-state index < -0.39 is 6.61 Å². The molecule has 0 aliphatic rings. The van der Waals surface area contributed by atoms with Gasteiger partial charge in [0.1, 0.15) is 6.61 Å². The van der Waals surface area contributed by atoms with Gasteiger partial charge in [0, 0.05) is 13.1 Å². The molecule has 0 spiro atoms. The number of nitrogens with one attached hydrogen (secondary N) is 1. The summed E-state index contributed by atoms with van der Waals surface area (Å²) in [5.41, 5.74) is 0. The summed E-state index contributed by atoms with van der Waals surface area (Å²) in [6.45, 7) is 4.02. The first-order chi connectivity index (χ1) is 5.20. The van der Waals surface area contributed by atoms with Gasteiger partial charge in [-0.2, -0.15) is 0 Å². The standard InChI is InChI=1S/C7H16N2O2/c1-3-9(2)5-4-8-7(11)6-10/h10H,3-6H2,1-2H3,(H,8,11). The van der Waals surface area contributed by atoms with E-state index in [1.54, 1.807) is 0 Å². The third-order valence-electron chi connectivity index (χ3n) is 1.50. The van der Waals surface area contributed by atoms with Gasteiger partial charge in [-0.25, -0.2) is 0 Å². The van der Waals surface area contributed by atoms with Crippen LogP contribution < -0.4 is 5.32 Å². The number of hydrogen-bond donors (Lipinski definition) is 2. The van der Waals surface area contributed by atoms with E-state index in [2.05, 4.69) is 10.2 Å². The second-order valence-corrected chi connectivity index (χ2v) is 2.40. The first-order valence-corrected chi connectivity index (χ1v) is 3.76. The Bertz CT molecular complexity index is 117. The molecule has 66 valence electrons. The number of rotatable bonds is 5. The third-order valence-corrected chi connectivity index (χ3v) is 1.50. The highest BCUT2D eigenvalue weighted by molar-refractivity contribution is 5.76. The van der Waals surface area contributed by atoms with Crippen molar-refractivity contribution in [3.63, 3.8) is 0 Å². The molecule has 0 fully saturated rings. The summed E-state index contributed by atoms with van der Waals surface area (Å²) in [7, 11) is 1.98. The number of nitrogens with zero attached hydrogens (tertiary/aromatic N) is 1. The normalized spacial score (nSPS) is 10.2. The maximum Gasteiger partial charge on any atom is 0.245 e. The summed E-state index contributed by atoms with van der Waals surface area (Å²) in [4.78, 5) is 12.6. The number of aliphatic hydroxyl groups excluding tert-OH is 1. The molecule has 11 heavy (non-hydrogen) atoms. The molecule has 0 saturated carbocycles. The first-order valence-electron chi connectivity index (χ1n) is 3.76. The van der Waals surface area contributed by atoms with Gasteiger partial charge in [-0.15, -0.1) is 0 Å². The van der Waals surface area contributed by atoms with Crippen molar-refractivity contribution in [3.05, 3.63) is 0 Å². The molecule has 0 rings (SSSR count). The lowest BCUT2D eigenvalue weighted by Gasteiger charge is -2.13. The average molecular weight is 160 g/mol. The van der Waals surface area contributed by atoms with Gasteiger partial charge in [0.2, 0.25) is 5.91 Å². The summed E-state index contributed by atoms with van der Waals surface area (Å²) in [5.74, 6) is -0.311. The molecule has 0 atom stereocenters. The van der Waals surface area contributed by atoms with Crippen molar-refractivity contribution in [2.45, 2.75) is 6.92 Å². The van der Waals surface area contributed by atoms with Crippen molar-refractivity contribution < 1.29 is 9.90 Å². The lowest BCUT2D eigenvalue weighted by molar-refractivity contribution is -0.123. The summed E-state index contributed by atoms with van der Waals surface area (Å²) >= 11 is 0. The molecular weight excluding hydrogens is 144 g/mol. The van der Waals surface area contributed by atoms with Gasteiger partial charge < -0.3 is 15.3 Å². The zero-order valence-corrected chi connectivity index (χ0v) is 7.13. The summed E-state index contributed by atoms with van der Waals surface area (Å²) < 4.78 is 0. The van der Waals surface area contributed by atoms with Crippen LogP contribution in [0.25, 0.3) is 0 Å². The van der Waals surface area contributed by atoms with Crippen LogP contribution in [0.5, 0.6) is 0 Å². The molecule has 4 nitrogen and oxygen atoms in total. The van der Waals surface area contributed by atoms with E-state index in [9.17, 15) is 4.79 Å². The maximum absolute atomic E-state index is 10.5. The fourth-order valence-corrected chi connectivity index (χ4v) is 0.600. The quantitative estimate of drug-likeness (QED) is 0.545. The van der Waals surface area contributed by atoms with Crippen LogP contribution in [0, 0.1) is 0 Å². The Hall–Kier alpha value is -0.610. The average Bonchev–Trinajstić information content (AvgIpc) is 2.04. The Kier molecular flexibility index (Phi) is 5.78. The Balaban J connectivity index is 3.20. The zero-order valence-electron chi connectivity index (χ0n) is 7.13. The Morgan fingerprint density at radius 2 is 2.27 bits per heavy atom. The van der Waals surface area contributed by atoms with Gasteiger partial charge in [0.25, 0.3) is 0 Å². The zero-order chi connectivity index (χ0) is 8.69. The van der Waals surface area contributed by atoms with E-state index in [1.165, 1.54) is 0 Å². The molecule has 0 saturated heterocycles. The van der Waals surface area contributed by atoms with Crippen molar-refractivity contribution in [1.29, 1.82) is 0 Å². The van der Waals surface area contributed by atoms with E-state index in [0.29, 0.717) is 6.54 Å². The van der Waals surface area contributed by atoms with Gasteiger partial charge in [-0.05, 0) is 13.6 Å². The van der Waals surface area contributed by atoms with E-state index in [0.717, 1.165) is 13.1 Å². The van der Waals surface area contributed by atoms with E-state index in [-0.39, 0.29) is 5.91 Å². The fourth-order valence-electron chi connectivity index (χ4n) is 0.600. The number of carbonyl (C=O) groups excluding carboxylic acids is 1. The monoisotopic (exact) mass is 160 g/mol. The van der Waals surface area contributed by atoms with Crippen molar-refractivity contribution in [2.24, 2.45) is 0 Å². The molecule has 0 aliphatic heterocycles. The van der Waals surface area contributed by atoms with Gasteiger partial charge in [0.15, 0.2) is 0 Å². The first kappa shape index (κ1) is 10.4. The van der Waals surface area contributed by atoms with Crippen LogP contribution in [0.15, 0.2) is 0 Å². The smallest absolute Gasteiger partial charge is 0.245 e. The summed E-state index contributed by atoms with van der Waals surface area (Å²) in [5, 5.41) is 10.9. The van der Waals surface area contributed by atoms with Crippen LogP contribution in [0.1, 0.15) is 6.92 Å². The van der Waals surface area contributed by atoms with Crippen LogP contribution in [0.3, 0.4) is 0 Å². The van der Waals surface area contributed by atoms with E-state index in [1.807, 2.05) is 14.0 Å². The van der Waals surface area contributed by atoms with E-state index in [4.69, 9.17) is 5.11 Å². The molecule has 0 aromatic heterocycles. The fraction of sp³-hybridized carbons (Fsp3) is 0.857. The molecular formula is C7H16N2O2. The number of amides is 1. The highest BCUT2D eigenvalue weighted by Gasteiger charge is 1.97. The van der Waals surface area contributed by atoms with Gasteiger partial charge >= 0.3 is 0 Å². The molecule has 0 aromatic rings. The van der Waals surface area contributed by atoms with Crippen molar-refractivity contribution in [1.82, 2.24) is 10.2 Å². The van der Waals surface area contributed by atoms with Gasteiger partial charge in [-0.3, -0.25) is 4.79 Å². The van der Waals surface area contributed by atoms with Crippen LogP contribution in [0.4, 0.5) is 0 Å². The van der Waals surface area contributed by atoms with Crippen molar-refractivity contribution >= 4 is 5.91 Å². The molecule has 4 heteroatoms. The molecule has 2 N–H and O–H groups in total. The Labute approximate surface area is 67.2 Å². The van der Waals surface area contributed by atoms with Crippen LogP contribution >= 0.6 is 0 Å². The second-order valence-electron chi connectivity index (χ2n) is 2.40. The Morgan fingerprint density at radius 3 is 2.73 bits per heavy atom. The van der Waals surface area contributed by atoms with Crippen molar-refractivity contribution in [3.8, 4) is 0 Å². The van der Waals surface area contributed by atoms with Gasteiger partial charge in [-0.1, -0.05) is 6.92 Å².